The number of aromatic hydroxyl groups is 1. The van der Waals surface area contributed by atoms with Crippen molar-refractivity contribution in [2.75, 3.05) is 51.3 Å². The summed E-state index contributed by atoms with van der Waals surface area (Å²) in [7, 11) is 3.23. The van der Waals surface area contributed by atoms with Crippen molar-refractivity contribution >= 4 is 34.7 Å². The molecule has 332 valence electrons. The number of benzene rings is 2. The number of anilines is 1. The lowest BCUT2D eigenvalue weighted by Crippen LogP contribution is -2.49. The molecule has 3 saturated carbocycles. The summed E-state index contributed by atoms with van der Waals surface area (Å²) in [4.78, 5) is 68.9. The van der Waals surface area contributed by atoms with E-state index in [0.717, 1.165) is 82.1 Å². The highest BCUT2D eigenvalue weighted by molar-refractivity contribution is 6.00. The number of piperidine rings is 1. The van der Waals surface area contributed by atoms with Crippen LogP contribution < -0.4 is 26.0 Å². The number of ether oxygens (including phenoxy) is 1. The van der Waals surface area contributed by atoms with Crippen molar-refractivity contribution in [3.63, 3.8) is 0 Å². The second-order valence-electron chi connectivity index (χ2n) is 17.3. The summed E-state index contributed by atoms with van der Waals surface area (Å²) in [5.41, 5.74) is 1.23. The van der Waals surface area contributed by atoms with Gasteiger partial charge < -0.3 is 24.6 Å². The van der Waals surface area contributed by atoms with Crippen molar-refractivity contribution in [1.29, 1.82) is 0 Å². The van der Waals surface area contributed by atoms with E-state index in [1.54, 1.807) is 17.7 Å². The van der Waals surface area contributed by atoms with Crippen LogP contribution in [0.4, 0.5) is 19.1 Å². The molecule has 3 aliphatic carbocycles. The van der Waals surface area contributed by atoms with Crippen LogP contribution in [0.5, 0.6) is 11.6 Å². The molecule has 5 heterocycles. The molecule has 2 aliphatic heterocycles. The normalized spacial score (nSPS) is 22.7. The first-order valence-electron chi connectivity index (χ1n) is 21.2. The van der Waals surface area contributed by atoms with Gasteiger partial charge in [-0.15, -0.1) is 0 Å². The van der Waals surface area contributed by atoms with Crippen LogP contribution in [-0.2, 0) is 28.5 Å². The summed E-state index contributed by atoms with van der Waals surface area (Å²) in [5, 5.41) is 18.7. The van der Waals surface area contributed by atoms with Crippen LogP contribution in [0.15, 0.2) is 39.6 Å². The number of amides is 3. The van der Waals surface area contributed by atoms with Crippen LogP contribution in [0, 0.1) is 22.9 Å². The molecule has 10 rings (SSSR count). The van der Waals surface area contributed by atoms with Gasteiger partial charge in [-0.2, -0.15) is 14.4 Å². The molecule has 1 atom stereocenters. The van der Waals surface area contributed by atoms with Gasteiger partial charge in [-0.1, -0.05) is 11.2 Å². The predicted molar refractivity (Wildman–Crippen MR) is 220 cm³/mol. The van der Waals surface area contributed by atoms with Gasteiger partial charge in [0.05, 0.1) is 23.7 Å². The molecule has 20 heteroatoms. The molecule has 2 bridgehead atoms. The molecule has 3 aromatic heterocycles. The Morgan fingerprint density at radius 1 is 0.968 bits per heavy atom. The van der Waals surface area contributed by atoms with E-state index >= 15 is 0 Å². The Hall–Kier alpha value is -6.31. The lowest BCUT2D eigenvalue weighted by atomic mass is 9.53. The van der Waals surface area contributed by atoms with Crippen LogP contribution in [0.25, 0.3) is 22.6 Å². The number of aromatic nitrogens is 6. The summed E-state index contributed by atoms with van der Waals surface area (Å²) in [5.74, 6) is -6.34. The van der Waals surface area contributed by atoms with Crippen LogP contribution in [0.3, 0.4) is 0 Å². The Balaban J connectivity index is 0.789. The lowest BCUT2D eigenvalue weighted by Gasteiger charge is -2.52. The number of fused-ring (bicyclic) bond motifs is 4. The average Bonchev–Trinajstić information content (AvgIpc) is 3.90. The number of hydrogen-bond donors (Lipinski definition) is 3. The quantitative estimate of drug-likeness (QED) is 0.120. The fourth-order valence-electron chi connectivity index (χ4n) is 9.76. The number of phenolic OH excluding ortho intramolecular Hbond substituents is 1. The summed E-state index contributed by atoms with van der Waals surface area (Å²) in [6, 6.07) is 7.32. The number of phenols is 1. The highest BCUT2D eigenvalue weighted by atomic mass is 19.2. The number of carbonyl (C=O) groups excluding carboxylic acids is 3. The minimum absolute atomic E-state index is 0.190. The fourth-order valence-corrected chi connectivity index (χ4v) is 9.76. The predicted octanol–water partition coefficient (Wildman–Crippen LogP) is 4.07. The third kappa shape index (κ3) is 7.78. The number of imide groups is 1. The molecule has 17 nitrogen and oxygen atoms in total. The van der Waals surface area contributed by atoms with Gasteiger partial charge in [0.2, 0.25) is 29.5 Å². The first-order chi connectivity index (χ1) is 30.3. The van der Waals surface area contributed by atoms with Gasteiger partial charge in [0.1, 0.15) is 11.7 Å². The molecular weight excluding hydrogens is 826 g/mol. The smallest absolute Gasteiger partial charge is 0.329 e. The largest absolute Gasteiger partial charge is 0.503 e. The average molecular weight is 873 g/mol. The van der Waals surface area contributed by atoms with Gasteiger partial charge in [-0.3, -0.25) is 33.7 Å². The monoisotopic (exact) mass is 872 g/mol. The summed E-state index contributed by atoms with van der Waals surface area (Å²) in [6.07, 6.45) is 6.50. The standard InChI is InChI=1S/C43H47F3N10O7/c1-53-30-20-24(5-6-28(30)56(41(53)61)29-7-8-31(57)49-37(29)60)4-3-15-54-16-18-55(19-17-54)40-48-27(22-32(50-40)62-2)38-51-39(52-63-38)43-12-9-42(10-13-43,11-14-43)23-47-36(59)25-21-26(44)35(58)34(46)33(25)45/h5-6,20-22,29,58H,3-4,7-19,23H2,1-2H3,(H,47,59)(H,49,57,60)/t29-,42?,43?/m1/s1. The highest BCUT2D eigenvalue weighted by Gasteiger charge is 2.51. The van der Waals surface area contributed by atoms with E-state index in [-0.39, 0.29) is 47.7 Å². The van der Waals surface area contributed by atoms with E-state index in [9.17, 15) is 37.5 Å². The molecule has 3 N–H and O–H groups in total. The Labute approximate surface area is 358 Å². The number of nitrogens with one attached hydrogen (secondary N) is 2. The Kier molecular flexibility index (Phi) is 11.0. The Bertz CT molecular complexity index is 2670. The number of halogens is 3. The van der Waals surface area contributed by atoms with Crippen molar-refractivity contribution in [3.05, 3.63) is 75.2 Å². The molecule has 2 aromatic carbocycles. The van der Waals surface area contributed by atoms with E-state index in [2.05, 4.69) is 30.6 Å². The zero-order valence-electron chi connectivity index (χ0n) is 34.9. The van der Waals surface area contributed by atoms with Gasteiger partial charge >= 0.3 is 5.69 Å². The number of carbonyl (C=O) groups is 3. The molecular formula is C43H47F3N10O7. The van der Waals surface area contributed by atoms with Crippen molar-refractivity contribution in [1.82, 2.24) is 44.8 Å². The van der Waals surface area contributed by atoms with Crippen LogP contribution in [-0.4, -0.2) is 103 Å². The summed E-state index contributed by atoms with van der Waals surface area (Å²) in [6.45, 7) is 4.03. The number of aryl methyl sites for hydroxylation is 2. The number of methoxy groups -OCH3 is 1. The van der Waals surface area contributed by atoms with Gasteiger partial charge in [0, 0.05) is 57.7 Å². The molecule has 2 saturated heterocycles. The molecule has 5 fully saturated rings. The van der Waals surface area contributed by atoms with Crippen LogP contribution >= 0.6 is 0 Å². The number of piperazine rings is 1. The van der Waals surface area contributed by atoms with E-state index in [4.69, 9.17) is 19.2 Å². The van der Waals surface area contributed by atoms with Crippen molar-refractivity contribution in [2.45, 2.75) is 75.7 Å². The van der Waals surface area contributed by atoms with Gasteiger partial charge in [-0.05, 0) is 93.5 Å². The van der Waals surface area contributed by atoms with Gasteiger partial charge in [0.15, 0.2) is 23.2 Å². The SMILES string of the molecule is COc1cc(-c2nc(C34CCC(CNC(=O)c5cc(F)c(O)c(F)c5F)(CC3)CC4)no2)nc(N2CCN(CCCc3ccc4c(c3)n(C)c(=O)n4[C@@H]3CCC(=O)NC3=O)CC2)n1. The first-order valence-corrected chi connectivity index (χ1v) is 21.2. The van der Waals surface area contributed by atoms with E-state index < -0.39 is 46.6 Å². The van der Waals surface area contributed by atoms with Crippen molar-refractivity contribution in [2.24, 2.45) is 12.5 Å². The van der Waals surface area contributed by atoms with Crippen molar-refractivity contribution < 1.29 is 41.9 Å². The van der Waals surface area contributed by atoms with Gasteiger partial charge in [-0.25, -0.2) is 18.6 Å². The number of nitrogens with zero attached hydrogens (tertiary/aromatic N) is 8. The molecule has 0 unspecified atom stereocenters. The molecule has 3 amide bonds. The minimum atomic E-state index is -1.80. The first kappa shape index (κ1) is 42.0. The molecule has 63 heavy (non-hydrogen) atoms. The minimum Gasteiger partial charge on any atom is -0.503 e. The topological polar surface area (TPSA) is 203 Å². The second kappa shape index (κ2) is 16.4. The summed E-state index contributed by atoms with van der Waals surface area (Å²) >= 11 is 0. The maximum Gasteiger partial charge on any atom is 0.329 e. The maximum absolute atomic E-state index is 14.3. The number of imidazole rings is 1. The molecule has 0 spiro atoms. The third-order valence-electron chi connectivity index (χ3n) is 13.7. The Morgan fingerprint density at radius 2 is 1.71 bits per heavy atom. The third-order valence-corrected chi connectivity index (χ3v) is 13.7. The zero-order chi connectivity index (χ0) is 44.2. The second-order valence-corrected chi connectivity index (χ2v) is 17.3. The highest BCUT2D eigenvalue weighted by Crippen LogP contribution is 2.57. The van der Waals surface area contributed by atoms with Crippen LogP contribution in [0.2, 0.25) is 0 Å². The van der Waals surface area contributed by atoms with E-state index in [0.29, 0.717) is 48.0 Å². The molecule has 5 aliphatic rings. The summed E-state index contributed by atoms with van der Waals surface area (Å²) < 4.78 is 56.5. The van der Waals surface area contributed by atoms with Crippen LogP contribution in [0.1, 0.15) is 85.6 Å². The molecule has 0 radical (unpaired) electrons. The van der Waals surface area contributed by atoms with Gasteiger partial charge in [0.25, 0.3) is 11.8 Å². The molecule has 5 aromatic rings. The number of hydrogen-bond acceptors (Lipinski definition) is 13. The Morgan fingerprint density at radius 3 is 2.43 bits per heavy atom. The maximum atomic E-state index is 14.3. The van der Waals surface area contributed by atoms with Crippen molar-refractivity contribution in [3.8, 4) is 23.2 Å². The lowest BCUT2D eigenvalue weighted by molar-refractivity contribution is -0.135. The van der Waals surface area contributed by atoms with E-state index in [1.807, 2.05) is 18.2 Å². The fraction of sp³-hybridized carbons (Fsp3) is 0.488. The van der Waals surface area contributed by atoms with E-state index in [1.165, 1.54) is 11.7 Å². The zero-order valence-corrected chi connectivity index (χ0v) is 34.9. The number of rotatable bonds is 12.